The molecule has 4 rings (SSSR count). The number of rotatable bonds is 8. The van der Waals surface area contributed by atoms with Crippen LogP contribution in [0.3, 0.4) is 0 Å². The highest BCUT2D eigenvalue weighted by molar-refractivity contribution is 7.89. The third-order valence-electron chi connectivity index (χ3n) is 5.97. The van der Waals surface area contributed by atoms with E-state index in [2.05, 4.69) is 4.98 Å². The average molecular weight is 574 g/mol. The van der Waals surface area contributed by atoms with Gasteiger partial charge in [0.2, 0.25) is 10.0 Å². The number of ether oxygens (including phenoxy) is 1. The molecule has 1 aromatic heterocycles. The average Bonchev–Trinajstić information content (AvgIpc) is 3.31. The van der Waals surface area contributed by atoms with Gasteiger partial charge in [-0.25, -0.2) is 13.4 Å². The zero-order chi connectivity index (χ0) is 25.2. The molecule has 12 heteroatoms. The molecule has 0 N–H and O–H groups in total. The number of hydrogen-bond acceptors (Lipinski definition) is 7. The van der Waals surface area contributed by atoms with Crippen molar-refractivity contribution in [3.63, 3.8) is 0 Å². The number of benzene rings is 2. The van der Waals surface area contributed by atoms with E-state index in [9.17, 15) is 13.2 Å². The molecular formula is C24H30Cl2N4O4S2. The first-order valence-corrected chi connectivity index (χ1v) is 14.1. The minimum absolute atomic E-state index is 0. The number of anilines is 1. The Hall–Kier alpha value is -1.95. The minimum atomic E-state index is -3.57. The Bertz CT molecular complexity index is 1310. The molecule has 1 aliphatic rings. The van der Waals surface area contributed by atoms with Gasteiger partial charge in [0, 0.05) is 31.7 Å². The first kappa shape index (κ1) is 28.6. The maximum atomic E-state index is 13.6. The fraction of sp³-hybridized carbons (Fsp3) is 0.417. The molecule has 2 aromatic carbocycles. The number of sulfonamides is 1. The van der Waals surface area contributed by atoms with E-state index >= 15 is 0 Å². The number of thiazole rings is 1. The molecule has 3 aromatic rings. The van der Waals surface area contributed by atoms with E-state index in [1.54, 1.807) is 36.3 Å². The van der Waals surface area contributed by atoms with Gasteiger partial charge in [0.05, 0.1) is 21.7 Å². The number of carbonyl (C=O) groups is 1. The fourth-order valence-electron chi connectivity index (χ4n) is 3.99. The predicted octanol–water partition coefficient (Wildman–Crippen LogP) is 4.76. The summed E-state index contributed by atoms with van der Waals surface area (Å²) in [6.07, 6.45) is 2.78. The van der Waals surface area contributed by atoms with Gasteiger partial charge in [0.1, 0.15) is 11.3 Å². The number of carbonyl (C=O) groups excluding carboxylic acids is 1. The number of methoxy groups -OCH3 is 1. The molecule has 1 fully saturated rings. The summed E-state index contributed by atoms with van der Waals surface area (Å²) in [5.41, 5.74) is 0.990. The Labute approximate surface area is 227 Å². The molecule has 196 valence electrons. The van der Waals surface area contributed by atoms with Crippen LogP contribution in [-0.2, 0) is 10.0 Å². The Balaban J connectivity index is 0.00000361. The normalized spacial score (nSPS) is 14.6. The number of amides is 1. The van der Waals surface area contributed by atoms with E-state index in [1.165, 1.54) is 27.8 Å². The molecule has 0 atom stereocenters. The van der Waals surface area contributed by atoms with Gasteiger partial charge in [-0.2, -0.15) is 4.31 Å². The lowest BCUT2D eigenvalue weighted by Crippen LogP contribution is -2.37. The van der Waals surface area contributed by atoms with Crippen LogP contribution in [0.2, 0.25) is 5.02 Å². The number of aromatic nitrogens is 1. The fourth-order valence-corrected chi connectivity index (χ4v) is 6.78. The van der Waals surface area contributed by atoms with Gasteiger partial charge >= 0.3 is 0 Å². The van der Waals surface area contributed by atoms with Gasteiger partial charge in [0.25, 0.3) is 5.91 Å². The largest absolute Gasteiger partial charge is 0.494 e. The van der Waals surface area contributed by atoms with Crippen molar-refractivity contribution in [2.75, 3.05) is 52.3 Å². The summed E-state index contributed by atoms with van der Waals surface area (Å²) in [5.74, 6) is 0.321. The first-order valence-electron chi connectivity index (χ1n) is 11.4. The number of fused-ring (bicyclic) bond motifs is 1. The molecule has 1 amide bonds. The SMILES string of the molecule is COc1ccc(Cl)c2sc(N(CCN(C)C)C(=O)c3ccc(S(=O)(=O)N4CCCCC4)cc3)nc12.Cl. The third kappa shape index (κ3) is 5.95. The number of halogens is 2. The van der Waals surface area contributed by atoms with Crippen LogP contribution < -0.4 is 9.64 Å². The van der Waals surface area contributed by atoms with Crippen molar-refractivity contribution in [1.29, 1.82) is 0 Å². The van der Waals surface area contributed by atoms with Crippen LogP contribution in [0, 0.1) is 0 Å². The van der Waals surface area contributed by atoms with Crippen molar-refractivity contribution in [3.05, 3.63) is 47.0 Å². The van der Waals surface area contributed by atoms with Crippen LogP contribution in [0.1, 0.15) is 29.6 Å². The van der Waals surface area contributed by atoms with Crippen LogP contribution in [0.4, 0.5) is 5.13 Å². The molecule has 1 aliphatic heterocycles. The monoisotopic (exact) mass is 572 g/mol. The van der Waals surface area contributed by atoms with Crippen molar-refractivity contribution in [2.45, 2.75) is 24.2 Å². The number of piperidine rings is 1. The van der Waals surface area contributed by atoms with E-state index in [1.807, 2.05) is 19.0 Å². The van der Waals surface area contributed by atoms with Crippen LogP contribution in [0.5, 0.6) is 5.75 Å². The second kappa shape index (κ2) is 12.1. The Kier molecular flexibility index (Phi) is 9.59. The molecule has 2 heterocycles. The van der Waals surface area contributed by atoms with Crippen molar-refractivity contribution in [3.8, 4) is 5.75 Å². The molecule has 1 saturated heterocycles. The number of hydrogen-bond donors (Lipinski definition) is 0. The summed E-state index contributed by atoms with van der Waals surface area (Å²) in [5, 5.41) is 1.04. The van der Waals surface area contributed by atoms with Crippen molar-refractivity contribution < 1.29 is 17.9 Å². The van der Waals surface area contributed by atoms with Crippen molar-refractivity contribution >= 4 is 66.6 Å². The van der Waals surface area contributed by atoms with Crippen LogP contribution in [-0.4, -0.2) is 75.9 Å². The maximum Gasteiger partial charge on any atom is 0.260 e. The summed E-state index contributed by atoms with van der Waals surface area (Å²) >= 11 is 7.72. The van der Waals surface area contributed by atoms with Crippen LogP contribution >= 0.6 is 35.3 Å². The molecular weight excluding hydrogens is 543 g/mol. The highest BCUT2D eigenvalue weighted by Gasteiger charge is 2.27. The maximum absolute atomic E-state index is 13.6. The summed E-state index contributed by atoms with van der Waals surface area (Å²) in [6, 6.07) is 9.67. The topological polar surface area (TPSA) is 83.0 Å². The molecule has 0 radical (unpaired) electrons. The van der Waals surface area contributed by atoms with Gasteiger partial charge < -0.3 is 9.64 Å². The zero-order valence-corrected chi connectivity index (χ0v) is 23.6. The van der Waals surface area contributed by atoms with Gasteiger partial charge in [0.15, 0.2) is 5.13 Å². The number of nitrogens with zero attached hydrogens (tertiary/aromatic N) is 4. The van der Waals surface area contributed by atoms with Gasteiger partial charge in [-0.05, 0) is 63.3 Å². The van der Waals surface area contributed by atoms with Crippen LogP contribution in [0.25, 0.3) is 10.2 Å². The lowest BCUT2D eigenvalue weighted by atomic mass is 10.2. The molecule has 0 saturated carbocycles. The zero-order valence-electron chi connectivity index (χ0n) is 20.4. The predicted molar refractivity (Wildman–Crippen MR) is 148 cm³/mol. The second-order valence-electron chi connectivity index (χ2n) is 8.67. The number of likely N-dealkylation sites (N-methyl/N-ethyl adjacent to an activating group) is 1. The third-order valence-corrected chi connectivity index (χ3v) is 9.42. The molecule has 0 spiro atoms. The molecule has 36 heavy (non-hydrogen) atoms. The molecule has 0 aliphatic carbocycles. The highest BCUT2D eigenvalue weighted by atomic mass is 35.5. The molecule has 0 unspecified atom stereocenters. The first-order chi connectivity index (χ1) is 16.7. The van der Waals surface area contributed by atoms with Gasteiger partial charge in [-0.1, -0.05) is 29.4 Å². The Morgan fingerprint density at radius 1 is 1.08 bits per heavy atom. The minimum Gasteiger partial charge on any atom is -0.494 e. The van der Waals surface area contributed by atoms with E-state index < -0.39 is 10.0 Å². The van der Waals surface area contributed by atoms with Gasteiger partial charge in [-0.15, -0.1) is 12.4 Å². The molecule has 0 bridgehead atoms. The smallest absolute Gasteiger partial charge is 0.260 e. The highest BCUT2D eigenvalue weighted by Crippen LogP contribution is 2.39. The quantitative estimate of drug-likeness (QED) is 0.387. The summed E-state index contributed by atoms with van der Waals surface area (Å²) in [4.78, 5) is 22.1. The van der Waals surface area contributed by atoms with Gasteiger partial charge in [-0.3, -0.25) is 9.69 Å². The van der Waals surface area contributed by atoms with E-state index in [-0.39, 0.29) is 23.2 Å². The van der Waals surface area contributed by atoms with E-state index in [4.69, 9.17) is 16.3 Å². The Morgan fingerprint density at radius 3 is 2.36 bits per heavy atom. The summed E-state index contributed by atoms with van der Waals surface area (Å²) < 4.78 is 33.7. The van der Waals surface area contributed by atoms with Crippen molar-refractivity contribution in [1.82, 2.24) is 14.2 Å². The standard InChI is InChI=1S/C24H29ClN4O4S2.ClH/c1-27(2)15-16-29(24-26-21-20(33-3)12-11-19(25)22(21)34-24)23(30)17-7-9-18(10-8-17)35(31,32)28-13-5-4-6-14-28;/h7-12H,4-6,13-16H2,1-3H3;1H. The second-order valence-corrected chi connectivity index (χ2v) is 12.0. The van der Waals surface area contributed by atoms with E-state index in [0.717, 1.165) is 24.0 Å². The summed E-state index contributed by atoms with van der Waals surface area (Å²) in [6.45, 7) is 2.09. The Morgan fingerprint density at radius 2 is 1.75 bits per heavy atom. The van der Waals surface area contributed by atoms with Crippen LogP contribution in [0.15, 0.2) is 41.3 Å². The van der Waals surface area contributed by atoms with E-state index in [0.29, 0.717) is 53.2 Å². The molecule has 8 nitrogen and oxygen atoms in total. The lowest BCUT2D eigenvalue weighted by Gasteiger charge is -2.26. The summed E-state index contributed by atoms with van der Waals surface area (Å²) in [7, 11) is 1.86. The lowest BCUT2D eigenvalue weighted by molar-refractivity contribution is 0.0985. The van der Waals surface area contributed by atoms with Crippen molar-refractivity contribution in [2.24, 2.45) is 0 Å².